The van der Waals surface area contributed by atoms with E-state index in [1.54, 1.807) is 0 Å². The van der Waals surface area contributed by atoms with Gasteiger partial charge >= 0.3 is 5.97 Å². The van der Waals surface area contributed by atoms with Crippen LogP contribution < -0.4 is 0 Å². The number of esters is 1. The third-order valence-corrected chi connectivity index (χ3v) is 7.69. The molecule has 0 aromatic rings. The highest BCUT2D eigenvalue weighted by Crippen LogP contribution is 2.29. The molecule has 0 saturated carbocycles. The molecule has 2 saturated heterocycles. The Bertz CT molecular complexity index is 680. The SMILES string of the molecule is CCCCCCCCCCCCCCCC(=O)OC[C@H]1OC(O)[C@H](O)[C@@H](O)[C@@H]1O[C@@H]1O[C@H](CO)[C@H](O)[C@H](O)[C@H]1O. The van der Waals surface area contributed by atoms with E-state index in [1.807, 2.05) is 0 Å². The van der Waals surface area contributed by atoms with Crippen LogP contribution in [-0.2, 0) is 23.7 Å². The second-order valence-electron chi connectivity index (χ2n) is 11.0. The van der Waals surface area contributed by atoms with Gasteiger partial charge in [-0.2, -0.15) is 0 Å². The van der Waals surface area contributed by atoms with E-state index in [1.165, 1.54) is 57.8 Å². The van der Waals surface area contributed by atoms with Crippen molar-refractivity contribution in [3.63, 3.8) is 0 Å². The number of unbranched alkanes of at least 4 members (excludes halogenated alkanes) is 12. The second kappa shape index (κ2) is 19.3. The summed E-state index contributed by atoms with van der Waals surface area (Å²) in [4.78, 5) is 12.3. The fourth-order valence-corrected chi connectivity index (χ4v) is 5.09. The van der Waals surface area contributed by atoms with Gasteiger partial charge in [-0.1, -0.05) is 84.0 Å². The van der Waals surface area contributed by atoms with Gasteiger partial charge in [0.2, 0.25) is 0 Å². The van der Waals surface area contributed by atoms with E-state index < -0.39 is 80.6 Å². The molecule has 10 atom stereocenters. The van der Waals surface area contributed by atoms with Gasteiger partial charge in [-0.3, -0.25) is 4.79 Å². The topological polar surface area (TPSA) is 196 Å². The van der Waals surface area contributed by atoms with E-state index in [0.29, 0.717) is 6.42 Å². The Labute approximate surface area is 237 Å². The van der Waals surface area contributed by atoms with Gasteiger partial charge in [-0.25, -0.2) is 0 Å². The van der Waals surface area contributed by atoms with Gasteiger partial charge in [0.1, 0.15) is 55.4 Å². The number of aliphatic hydroxyl groups excluding tert-OH is 7. The number of carbonyl (C=O) groups is 1. The molecule has 2 fully saturated rings. The highest BCUT2D eigenvalue weighted by Gasteiger charge is 2.50. The van der Waals surface area contributed by atoms with Crippen molar-refractivity contribution in [1.82, 2.24) is 0 Å². The van der Waals surface area contributed by atoms with Crippen molar-refractivity contribution in [3.8, 4) is 0 Å². The summed E-state index contributed by atoms with van der Waals surface area (Å²) in [6.45, 7) is 1.13. The van der Waals surface area contributed by atoms with Gasteiger partial charge in [0.05, 0.1) is 6.61 Å². The van der Waals surface area contributed by atoms with E-state index in [0.717, 1.165) is 19.3 Å². The van der Waals surface area contributed by atoms with Gasteiger partial charge in [0.15, 0.2) is 12.6 Å². The first-order chi connectivity index (χ1) is 19.2. The smallest absolute Gasteiger partial charge is 0.305 e. The van der Waals surface area contributed by atoms with Crippen LogP contribution in [0.15, 0.2) is 0 Å². The molecule has 0 amide bonds. The first-order valence-electron chi connectivity index (χ1n) is 15.0. The molecule has 236 valence electrons. The minimum atomic E-state index is -1.78. The standard InChI is InChI=1S/C28H52O12/c1-2-3-4-5-6-7-8-9-10-11-12-13-14-15-20(30)37-17-19-26(23(33)24(34)27(36)38-19)40-28-25(35)22(32)21(31)18(16-29)39-28/h18-19,21-29,31-36H,2-17H2,1H3/t18-,19-,21+,22+,23-,24-,25-,26-,27?,28+/m1/s1. The van der Waals surface area contributed by atoms with Crippen molar-refractivity contribution in [2.24, 2.45) is 0 Å². The zero-order valence-corrected chi connectivity index (χ0v) is 23.8. The van der Waals surface area contributed by atoms with Crippen LogP contribution in [-0.4, -0.2) is 116 Å². The van der Waals surface area contributed by atoms with Crippen molar-refractivity contribution in [1.29, 1.82) is 0 Å². The van der Waals surface area contributed by atoms with Gasteiger partial charge < -0.3 is 54.7 Å². The second-order valence-corrected chi connectivity index (χ2v) is 11.0. The molecule has 2 rings (SSSR count). The quantitative estimate of drug-likeness (QED) is 0.0833. The lowest BCUT2D eigenvalue weighted by molar-refractivity contribution is -0.355. The molecule has 2 heterocycles. The maximum atomic E-state index is 12.3. The van der Waals surface area contributed by atoms with Crippen molar-refractivity contribution in [2.45, 2.75) is 158 Å². The molecular weight excluding hydrogens is 528 g/mol. The first-order valence-corrected chi connectivity index (χ1v) is 15.0. The molecule has 7 N–H and O–H groups in total. The molecule has 40 heavy (non-hydrogen) atoms. The third-order valence-electron chi connectivity index (χ3n) is 7.69. The van der Waals surface area contributed by atoms with Crippen LogP contribution in [0.4, 0.5) is 0 Å². The first kappa shape index (κ1) is 35.3. The van der Waals surface area contributed by atoms with Crippen LogP contribution in [0.2, 0.25) is 0 Å². The average molecular weight is 581 g/mol. The number of aliphatic hydroxyl groups is 7. The fraction of sp³-hybridized carbons (Fsp3) is 0.964. The lowest BCUT2D eigenvalue weighted by Crippen LogP contribution is -2.64. The summed E-state index contributed by atoms with van der Waals surface area (Å²) < 4.78 is 21.4. The van der Waals surface area contributed by atoms with E-state index in [4.69, 9.17) is 18.9 Å². The van der Waals surface area contributed by atoms with E-state index in [-0.39, 0.29) is 6.42 Å². The fourth-order valence-electron chi connectivity index (χ4n) is 5.09. The van der Waals surface area contributed by atoms with E-state index in [2.05, 4.69) is 6.92 Å². The molecule has 12 nitrogen and oxygen atoms in total. The van der Waals surface area contributed by atoms with Crippen LogP contribution in [0, 0.1) is 0 Å². The Morgan fingerprint density at radius 3 is 1.75 bits per heavy atom. The van der Waals surface area contributed by atoms with Crippen LogP contribution in [0.25, 0.3) is 0 Å². The minimum Gasteiger partial charge on any atom is -0.463 e. The average Bonchev–Trinajstić information content (AvgIpc) is 2.94. The number of rotatable bonds is 19. The zero-order valence-electron chi connectivity index (χ0n) is 23.8. The number of ether oxygens (including phenoxy) is 4. The normalized spacial score (nSPS) is 34.6. The summed E-state index contributed by atoms with van der Waals surface area (Å²) in [5.41, 5.74) is 0. The summed E-state index contributed by atoms with van der Waals surface area (Å²) in [7, 11) is 0. The zero-order chi connectivity index (χ0) is 29.5. The molecule has 2 aliphatic heterocycles. The minimum absolute atomic E-state index is 0.191. The molecule has 0 spiro atoms. The predicted molar refractivity (Wildman–Crippen MR) is 143 cm³/mol. The molecule has 1 unspecified atom stereocenters. The maximum Gasteiger partial charge on any atom is 0.305 e. The summed E-state index contributed by atoms with van der Waals surface area (Å²) in [6.07, 6.45) is -0.331. The Kier molecular flexibility index (Phi) is 17.0. The largest absolute Gasteiger partial charge is 0.463 e. The Morgan fingerprint density at radius 2 is 1.20 bits per heavy atom. The summed E-state index contributed by atoms with van der Waals surface area (Å²) in [5.74, 6) is -0.492. The number of hydrogen-bond acceptors (Lipinski definition) is 12. The van der Waals surface area contributed by atoms with Crippen LogP contribution in [0.5, 0.6) is 0 Å². The summed E-state index contributed by atoms with van der Waals surface area (Å²) >= 11 is 0. The van der Waals surface area contributed by atoms with Crippen LogP contribution >= 0.6 is 0 Å². The van der Waals surface area contributed by atoms with Gasteiger partial charge in [-0.05, 0) is 6.42 Å². The van der Waals surface area contributed by atoms with Crippen molar-refractivity contribution in [2.75, 3.05) is 13.2 Å². The Balaban J connectivity index is 1.69. The third kappa shape index (κ3) is 11.4. The monoisotopic (exact) mass is 580 g/mol. The summed E-state index contributed by atoms with van der Waals surface area (Å²) in [6, 6.07) is 0. The number of hydrogen-bond donors (Lipinski definition) is 7. The van der Waals surface area contributed by atoms with E-state index >= 15 is 0 Å². The highest BCUT2D eigenvalue weighted by molar-refractivity contribution is 5.69. The molecule has 12 heteroatoms. The number of carbonyl (C=O) groups excluding carboxylic acids is 1. The molecule has 0 bridgehead atoms. The van der Waals surface area contributed by atoms with Crippen molar-refractivity contribution in [3.05, 3.63) is 0 Å². The van der Waals surface area contributed by atoms with Crippen molar-refractivity contribution >= 4 is 5.97 Å². The molecule has 0 aromatic heterocycles. The van der Waals surface area contributed by atoms with Crippen molar-refractivity contribution < 1.29 is 59.5 Å². The summed E-state index contributed by atoms with van der Waals surface area (Å²) in [5, 5.41) is 70.0. The van der Waals surface area contributed by atoms with Crippen LogP contribution in [0.3, 0.4) is 0 Å². The van der Waals surface area contributed by atoms with Gasteiger partial charge in [0.25, 0.3) is 0 Å². The predicted octanol–water partition coefficient (Wildman–Crippen LogP) is 0.635. The van der Waals surface area contributed by atoms with Gasteiger partial charge in [0, 0.05) is 6.42 Å². The van der Waals surface area contributed by atoms with Crippen LogP contribution in [0.1, 0.15) is 96.8 Å². The molecule has 0 aliphatic carbocycles. The molecular formula is C28H52O12. The molecule has 0 aromatic carbocycles. The van der Waals surface area contributed by atoms with Gasteiger partial charge in [-0.15, -0.1) is 0 Å². The maximum absolute atomic E-state index is 12.3. The highest BCUT2D eigenvalue weighted by atomic mass is 16.7. The Hall–Kier alpha value is -0.930. The lowest BCUT2D eigenvalue weighted by atomic mass is 9.97. The lowest BCUT2D eigenvalue weighted by Gasteiger charge is -2.45. The molecule has 0 radical (unpaired) electrons. The molecule has 2 aliphatic rings. The van der Waals surface area contributed by atoms with E-state index in [9.17, 15) is 40.5 Å². The Morgan fingerprint density at radius 1 is 0.650 bits per heavy atom.